The van der Waals surface area contributed by atoms with Gasteiger partial charge in [0.05, 0.1) is 0 Å². The molecule has 81 heavy (non-hydrogen) atoms. The summed E-state index contributed by atoms with van der Waals surface area (Å²) in [6.45, 7) is 24.4. The zero-order valence-electron chi connectivity index (χ0n) is 51.0. The van der Waals surface area contributed by atoms with Gasteiger partial charge in [0.1, 0.15) is 16.8 Å². The Morgan fingerprint density at radius 1 is 0.284 bits per heavy atom. The van der Waals surface area contributed by atoms with Crippen molar-refractivity contribution < 1.29 is 43.0 Å². The number of ether oxygens (including phenoxy) is 3. The van der Waals surface area contributed by atoms with Gasteiger partial charge in [0, 0.05) is 95.2 Å². The van der Waals surface area contributed by atoms with Crippen LogP contribution in [0.3, 0.4) is 0 Å². The lowest BCUT2D eigenvalue weighted by Gasteiger charge is -2.28. The molecule has 0 radical (unpaired) electrons. The number of carbonyl (C=O) groups is 6. The Labute approximate surface area is 514 Å². The maximum atomic E-state index is 15.1. The highest BCUT2D eigenvalue weighted by molar-refractivity contribution is 8.00. The van der Waals surface area contributed by atoms with Crippen LogP contribution < -0.4 is 0 Å². The molecule has 1 aromatic carbocycles. The molecule has 21 heteroatoms. The number of benzene rings is 1. The van der Waals surface area contributed by atoms with Gasteiger partial charge in [-0.15, -0.1) is 0 Å². The van der Waals surface area contributed by atoms with E-state index in [-0.39, 0.29) is 36.0 Å². The van der Waals surface area contributed by atoms with Crippen LogP contribution in [0.2, 0.25) is 0 Å². The van der Waals surface area contributed by atoms with Crippen molar-refractivity contribution in [3.63, 3.8) is 0 Å². The molecular weight excluding hydrogens is 1140 g/mol. The van der Waals surface area contributed by atoms with E-state index in [0.717, 1.165) is 146 Å². The van der Waals surface area contributed by atoms with Crippen LogP contribution in [0.4, 0.5) is 14.4 Å². The molecule has 0 spiro atoms. The lowest BCUT2D eigenvalue weighted by Crippen LogP contribution is -2.38. The molecular formula is C60H102N6O9S6. The smallest absolute Gasteiger partial charge is 0.410 e. The molecule has 0 aromatic heterocycles. The number of carbonyl (C=O) groups excluding carboxylic acids is 6. The van der Waals surface area contributed by atoms with Gasteiger partial charge in [-0.3, -0.25) is 14.4 Å². The molecule has 3 fully saturated rings. The van der Waals surface area contributed by atoms with Gasteiger partial charge in [-0.2, -0.15) is 70.6 Å². The molecule has 6 amide bonds. The number of rotatable bonds is 3. The summed E-state index contributed by atoms with van der Waals surface area (Å²) in [6.07, 6.45) is 9.13. The first-order valence-corrected chi connectivity index (χ1v) is 37.0. The molecule has 0 aliphatic carbocycles. The van der Waals surface area contributed by atoms with Crippen molar-refractivity contribution in [3.8, 4) is 0 Å². The second-order valence-electron chi connectivity index (χ2n) is 24.0. The third-order valence-corrected chi connectivity index (χ3v) is 20.0. The number of thioether (sulfide) groups is 6. The number of amides is 6. The molecule has 3 aliphatic rings. The van der Waals surface area contributed by atoms with E-state index in [2.05, 4.69) is 0 Å². The van der Waals surface area contributed by atoms with Gasteiger partial charge in [0.25, 0.3) is 17.7 Å². The second-order valence-corrected chi connectivity index (χ2v) is 31.3. The standard InChI is InChI=1S/C60H102N6O9S6/c1-58(2,3)73-55(70)64-28-16-40-76-34-10-22-61(23-11-35-77-41-17-29-64)52(67)49-46-50(53(68)62-24-12-36-78-42-18-30-65(56(71)74-59(4,5)6)31-19-43-79-37-13-25-62)48-51(47-49)54(69)63-26-14-38-80-44-20-32-66(57(72)75-60(7,8)9)33-21-45-81-39-15-27-63/h46-48H,10-45H2,1-9H3. The molecule has 0 atom stereocenters. The topological polar surface area (TPSA) is 150 Å². The summed E-state index contributed by atoms with van der Waals surface area (Å²) in [7, 11) is 0. The highest BCUT2D eigenvalue weighted by atomic mass is 32.2. The Morgan fingerprint density at radius 3 is 0.580 bits per heavy atom. The molecule has 0 unspecified atom stereocenters. The fraction of sp³-hybridized carbons (Fsp3) is 0.800. The summed E-state index contributed by atoms with van der Waals surface area (Å²) in [5.74, 6) is 10.1. The van der Waals surface area contributed by atoms with Crippen LogP contribution in [0, 0.1) is 0 Å². The summed E-state index contributed by atoms with van der Waals surface area (Å²) >= 11 is 11.0. The van der Waals surface area contributed by atoms with Crippen molar-refractivity contribution >= 4 is 107 Å². The molecule has 0 bridgehead atoms. The SMILES string of the molecule is CC(C)(C)OC(=O)N1CCCSCCCN(C(=O)c2cc(C(=O)N3CCCSCCCN(C(=O)OC(C)(C)C)CCCSCCC3)cc(C(=O)N3CCCSCCCN(C(=O)OC(C)(C)C)CCCSCCC3)c2)CCCSCCC1. The van der Waals surface area contributed by atoms with E-state index < -0.39 is 16.8 Å². The van der Waals surface area contributed by atoms with E-state index in [9.17, 15) is 14.4 Å². The van der Waals surface area contributed by atoms with Crippen LogP contribution >= 0.6 is 70.6 Å². The van der Waals surface area contributed by atoms with Crippen molar-refractivity contribution in [2.45, 2.75) is 156 Å². The second kappa shape index (κ2) is 38.6. The monoisotopic (exact) mass is 1240 g/mol. The van der Waals surface area contributed by atoms with Crippen LogP contribution in [0.1, 0.15) is 170 Å². The Kier molecular flexibility index (Phi) is 33.8. The molecule has 3 saturated heterocycles. The first-order chi connectivity index (χ1) is 38.6. The quantitative estimate of drug-likeness (QED) is 0.264. The van der Waals surface area contributed by atoms with Gasteiger partial charge in [0.2, 0.25) is 0 Å². The summed E-state index contributed by atoms with van der Waals surface area (Å²) in [6, 6.07) is 5.26. The molecule has 3 heterocycles. The molecule has 1 aromatic rings. The fourth-order valence-electron chi connectivity index (χ4n) is 9.26. The third kappa shape index (κ3) is 30.5. The zero-order chi connectivity index (χ0) is 59.1. The van der Waals surface area contributed by atoms with Crippen molar-refractivity contribution in [2.75, 3.05) is 148 Å². The highest BCUT2D eigenvalue weighted by Crippen LogP contribution is 2.23. The maximum Gasteiger partial charge on any atom is 0.410 e. The Hall–Kier alpha value is -2.46. The zero-order valence-corrected chi connectivity index (χ0v) is 55.9. The van der Waals surface area contributed by atoms with Gasteiger partial charge in [0.15, 0.2) is 0 Å². The van der Waals surface area contributed by atoms with Crippen LogP contribution in [-0.4, -0.2) is 230 Å². The maximum absolute atomic E-state index is 15.1. The molecule has 0 saturated carbocycles. The van der Waals surface area contributed by atoms with Crippen molar-refractivity contribution in [3.05, 3.63) is 34.9 Å². The largest absolute Gasteiger partial charge is 0.444 e. The predicted molar refractivity (Wildman–Crippen MR) is 347 cm³/mol. The van der Waals surface area contributed by atoms with Crippen LogP contribution in [0.25, 0.3) is 0 Å². The van der Waals surface area contributed by atoms with Crippen LogP contribution in [0.15, 0.2) is 18.2 Å². The molecule has 0 N–H and O–H groups in total. The van der Waals surface area contributed by atoms with Gasteiger partial charge >= 0.3 is 18.3 Å². The third-order valence-electron chi connectivity index (χ3n) is 13.1. The van der Waals surface area contributed by atoms with Gasteiger partial charge in [-0.05, 0) is 227 Å². The lowest BCUT2D eigenvalue weighted by molar-refractivity contribution is 0.0241. The van der Waals surface area contributed by atoms with E-state index in [0.29, 0.717) is 95.2 Å². The van der Waals surface area contributed by atoms with E-state index >= 15 is 14.4 Å². The molecule has 3 aliphatic heterocycles. The van der Waals surface area contributed by atoms with E-state index in [1.54, 1.807) is 18.2 Å². The predicted octanol–water partition coefficient (Wildman–Crippen LogP) is 12.8. The first-order valence-electron chi connectivity index (χ1n) is 30.0. The Balaban J connectivity index is 1.56. The van der Waals surface area contributed by atoms with Crippen molar-refractivity contribution in [2.24, 2.45) is 0 Å². The number of nitrogens with zero attached hydrogens (tertiary/aromatic N) is 6. The van der Waals surface area contributed by atoms with Crippen LogP contribution in [-0.2, 0) is 14.2 Å². The molecule has 4 rings (SSSR count). The van der Waals surface area contributed by atoms with Crippen molar-refractivity contribution in [1.82, 2.24) is 29.4 Å². The Bertz CT molecular complexity index is 1770. The summed E-state index contributed by atoms with van der Waals surface area (Å²) < 4.78 is 17.2. The lowest BCUT2D eigenvalue weighted by atomic mass is 10.0. The minimum Gasteiger partial charge on any atom is -0.444 e. The first kappa shape index (κ1) is 71.0. The number of hydrogen-bond donors (Lipinski definition) is 0. The molecule has 462 valence electrons. The summed E-state index contributed by atoms with van der Waals surface area (Å²) in [5.41, 5.74) is -0.505. The Morgan fingerprint density at radius 2 is 0.432 bits per heavy atom. The summed E-state index contributed by atoms with van der Waals surface area (Å²) in [4.78, 5) is 95.7. The minimum atomic E-state index is -0.546. The number of hydrogen-bond acceptors (Lipinski definition) is 15. The highest BCUT2D eigenvalue weighted by Gasteiger charge is 2.28. The minimum absolute atomic E-state index is 0.153. The molecule has 15 nitrogen and oxygen atoms in total. The van der Waals surface area contributed by atoms with Crippen molar-refractivity contribution in [1.29, 1.82) is 0 Å². The van der Waals surface area contributed by atoms with E-state index in [1.807, 2.05) is 162 Å². The normalized spacial score (nSPS) is 20.0. The van der Waals surface area contributed by atoms with Gasteiger partial charge < -0.3 is 43.6 Å². The van der Waals surface area contributed by atoms with Crippen LogP contribution in [0.5, 0.6) is 0 Å². The fourth-order valence-corrected chi connectivity index (χ4v) is 14.5. The van der Waals surface area contributed by atoms with E-state index in [1.165, 1.54) is 0 Å². The average molecular weight is 1240 g/mol. The van der Waals surface area contributed by atoms with E-state index in [4.69, 9.17) is 14.2 Å². The average Bonchev–Trinajstić information content (AvgIpc) is 3.39. The van der Waals surface area contributed by atoms with Gasteiger partial charge in [-0.1, -0.05) is 0 Å². The summed E-state index contributed by atoms with van der Waals surface area (Å²) in [5, 5.41) is 0. The van der Waals surface area contributed by atoms with Gasteiger partial charge in [-0.25, -0.2) is 14.4 Å².